The molecule has 8 heteroatoms. The molecular formula is C19H48N8. The van der Waals surface area contributed by atoms with Crippen molar-refractivity contribution >= 4 is 0 Å². The molecule has 164 valence electrons. The molecule has 0 saturated heterocycles. The Bertz CT molecular complexity index is 285. The molecule has 0 rings (SSSR count). The Morgan fingerprint density at radius 3 is 1.44 bits per heavy atom. The third-order valence-corrected chi connectivity index (χ3v) is 4.84. The number of nitrogens with two attached hydrogens (primary N) is 5. The van der Waals surface area contributed by atoms with Crippen LogP contribution in [-0.4, -0.2) is 94.4 Å². The summed E-state index contributed by atoms with van der Waals surface area (Å²) in [5.41, 5.74) is 28.7. The van der Waals surface area contributed by atoms with Crippen molar-refractivity contribution in [2.45, 2.75) is 44.6 Å². The topological polar surface area (TPSA) is 149 Å². The van der Waals surface area contributed by atoms with Crippen molar-refractivity contribution in [3.8, 4) is 0 Å². The van der Waals surface area contributed by atoms with Gasteiger partial charge in [-0.1, -0.05) is 0 Å². The Labute approximate surface area is 167 Å². The Kier molecular flexibility index (Phi) is 20.2. The number of hydrogen-bond acceptors (Lipinski definition) is 8. The van der Waals surface area contributed by atoms with E-state index in [1.54, 1.807) is 0 Å². The van der Waals surface area contributed by atoms with E-state index in [1.807, 2.05) is 0 Å². The minimum atomic E-state index is 0.250. The summed E-state index contributed by atoms with van der Waals surface area (Å²) >= 11 is 0. The lowest BCUT2D eigenvalue weighted by atomic mass is 10.1. The van der Waals surface area contributed by atoms with E-state index in [0.29, 0.717) is 0 Å². The fraction of sp³-hybridized carbons (Fsp3) is 1.00. The van der Waals surface area contributed by atoms with Gasteiger partial charge in [-0.15, -0.1) is 0 Å². The summed E-state index contributed by atoms with van der Waals surface area (Å²) in [7, 11) is 0. The van der Waals surface area contributed by atoms with Gasteiger partial charge in [0.1, 0.15) is 0 Å². The summed E-state index contributed by atoms with van der Waals surface area (Å²) in [5, 5.41) is 3.57. The largest absolute Gasteiger partial charge is 0.330 e. The molecule has 27 heavy (non-hydrogen) atoms. The van der Waals surface area contributed by atoms with Crippen LogP contribution in [0.2, 0.25) is 0 Å². The van der Waals surface area contributed by atoms with Gasteiger partial charge in [0, 0.05) is 32.2 Å². The van der Waals surface area contributed by atoms with Crippen LogP contribution in [0.1, 0.15) is 38.5 Å². The first kappa shape index (κ1) is 26.7. The summed E-state index contributed by atoms with van der Waals surface area (Å²) in [6.07, 6.45) is 6.17. The molecule has 0 saturated carbocycles. The molecule has 0 aliphatic heterocycles. The molecular weight excluding hydrogens is 340 g/mol. The molecule has 0 radical (unpaired) electrons. The molecule has 1 atom stereocenters. The maximum Gasteiger partial charge on any atom is 0.0107 e. The second-order valence-electron chi connectivity index (χ2n) is 7.34. The lowest BCUT2D eigenvalue weighted by molar-refractivity contribution is 0.247. The standard InChI is InChI=1S/C19H48N8/c20-7-1-5-19(24)6-16-27(15-4-10-23)18-12-25-11-17-26(13-2-8-21)14-3-9-22/h19,25H,1-18,20-24H2. The van der Waals surface area contributed by atoms with Gasteiger partial charge in [-0.05, 0) is 90.9 Å². The van der Waals surface area contributed by atoms with Crippen LogP contribution in [0.3, 0.4) is 0 Å². The van der Waals surface area contributed by atoms with Gasteiger partial charge in [0.05, 0.1) is 0 Å². The SMILES string of the molecule is NCCCC(N)CCN(CCCN)CCNCCN(CCCN)CCCN. The number of nitrogens with one attached hydrogen (secondary N) is 1. The third kappa shape index (κ3) is 17.5. The van der Waals surface area contributed by atoms with Crippen LogP contribution in [0.15, 0.2) is 0 Å². The van der Waals surface area contributed by atoms with Crippen molar-refractivity contribution < 1.29 is 0 Å². The molecule has 0 aromatic carbocycles. The molecule has 11 N–H and O–H groups in total. The van der Waals surface area contributed by atoms with Crippen LogP contribution in [0.4, 0.5) is 0 Å². The average Bonchev–Trinajstić information content (AvgIpc) is 2.68. The molecule has 0 bridgehead atoms. The van der Waals surface area contributed by atoms with E-state index in [-0.39, 0.29) is 6.04 Å². The zero-order chi connectivity index (χ0) is 20.2. The van der Waals surface area contributed by atoms with Gasteiger partial charge in [-0.2, -0.15) is 0 Å². The first-order valence-electron chi connectivity index (χ1n) is 10.9. The van der Waals surface area contributed by atoms with Crippen LogP contribution in [0.25, 0.3) is 0 Å². The Morgan fingerprint density at radius 2 is 1.00 bits per heavy atom. The van der Waals surface area contributed by atoms with E-state index in [1.165, 1.54) is 0 Å². The Balaban J connectivity index is 4.00. The van der Waals surface area contributed by atoms with Crippen molar-refractivity contribution in [1.82, 2.24) is 15.1 Å². The molecule has 0 aromatic heterocycles. The molecule has 0 heterocycles. The summed E-state index contributed by atoms with van der Waals surface area (Å²) in [6.45, 7) is 11.2. The van der Waals surface area contributed by atoms with E-state index in [4.69, 9.17) is 28.7 Å². The fourth-order valence-electron chi connectivity index (χ4n) is 3.09. The molecule has 0 spiro atoms. The summed E-state index contributed by atoms with van der Waals surface area (Å²) in [4.78, 5) is 4.93. The lowest BCUT2D eigenvalue weighted by Gasteiger charge is -2.25. The summed E-state index contributed by atoms with van der Waals surface area (Å²) in [5.74, 6) is 0. The fourth-order valence-corrected chi connectivity index (χ4v) is 3.09. The quantitative estimate of drug-likeness (QED) is 0.133. The predicted octanol–water partition coefficient (Wildman–Crippen LogP) is -1.32. The van der Waals surface area contributed by atoms with Crippen molar-refractivity contribution in [2.24, 2.45) is 28.7 Å². The molecule has 0 aromatic rings. The highest BCUT2D eigenvalue weighted by Crippen LogP contribution is 2.01. The van der Waals surface area contributed by atoms with Gasteiger partial charge < -0.3 is 43.8 Å². The zero-order valence-electron chi connectivity index (χ0n) is 17.6. The first-order chi connectivity index (χ1) is 13.2. The molecule has 0 aliphatic carbocycles. The summed E-state index contributed by atoms with van der Waals surface area (Å²) < 4.78 is 0. The minimum absolute atomic E-state index is 0.250. The summed E-state index contributed by atoms with van der Waals surface area (Å²) in [6, 6.07) is 0.250. The van der Waals surface area contributed by atoms with E-state index < -0.39 is 0 Å². The van der Waals surface area contributed by atoms with Crippen LogP contribution < -0.4 is 34.0 Å². The Hall–Kier alpha value is -0.320. The highest BCUT2D eigenvalue weighted by atomic mass is 15.2. The zero-order valence-corrected chi connectivity index (χ0v) is 17.6. The van der Waals surface area contributed by atoms with Crippen LogP contribution >= 0.6 is 0 Å². The number of rotatable bonds is 21. The minimum Gasteiger partial charge on any atom is -0.330 e. The lowest BCUT2D eigenvalue weighted by Crippen LogP contribution is -2.39. The van der Waals surface area contributed by atoms with Gasteiger partial charge in [-0.25, -0.2) is 0 Å². The smallest absolute Gasteiger partial charge is 0.0107 e. The van der Waals surface area contributed by atoms with Crippen molar-refractivity contribution in [3.05, 3.63) is 0 Å². The van der Waals surface area contributed by atoms with Gasteiger partial charge in [0.2, 0.25) is 0 Å². The van der Waals surface area contributed by atoms with E-state index in [0.717, 1.165) is 117 Å². The first-order valence-corrected chi connectivity index (χ1v) is 10.9. The number of nitrogens with zero attached hydrogens (tertiary/aromatic N) is 2. The van der Waals surface area contributed by atoms with Crippen molar-refractivity contribution in [3.63, 3.8) is 0 Å². The normalized spacial score (nSPS) is 13.0. The maximum atomic E-state index is 6.18. The van der Waals surface area contributed by atoms with Gasteiger partial charge in [-0.3, -0.25) is 0 Å². The highest BCUT2D eigenvalue weighted by Gasteiger charge is 2.08. The van der Waals surface area contributed by atoms with E-state index in [9.17, 15) is 0 Å². The van der Waals surface area contributed by atoms with Gasteiger partial charge in [0.15, 0.2) is 0 Å². The molecule has 1 unspecified atom stereocenters. The van der Waals surface area contributed by atoms with E-state index in [2.05, 4.69) is 15.1 Å². The molecule has 0 aliphatic rings. The predicted molar refractivity (Wildman–Crippen MR) is 118 cm³/mol. The second-order valence-corrected chi connectivity index (χ2v) is 7.34. The average molecular weight is 389 g/mol. The van der Waals surface area contributed by atoms with Crippen LogP contribution in [0, 0.1) is 0 Å². The van der Waals surface area contributed by atoms with E-state index >= 15 is 0 Å². The molecule has 0 amide bonds. The van der Waals surface area contributed by atoms with Crippen molar-refractivity contribution in [2.75, 3.05) is 78.5 Å². The third-order valence-electron chi connectivity index (χ3n) is 4.84. The van der Waals surface area contributed by atoms with Gasteiger partial charge >= 0.3 is 0 Å². The van der Waals surface area contributed by atoms with Gasteiger partial charge in [0.25, 0.3) is 0 Å². The molecule has 8 nitrogen and oxygen atoms in total. The number of hydrogen-bond donors (Lipinski definition) is 6. The monoisotopic (exact) mass is 388 g/mol. The Morgan fingerprint density at radius 1 is 0.556 bits per heavy atom. The highest BCUT2D eigenvalue weighted by molar-refractivity contribution is 4.68. The van der Waals surface area contributed by atoms with Crippen molar-refractivity contribution in [1.29, 1.82) is 0 Å². The van der Waals surface area contributed by atoms with Crippen LogP contribution in [-0.2, 0) is 0 Å². The second kappa shape index (κ2) is 20.4. The van der Waals surface area contributed by atoms with Crippen LogP contribution in [0.5, 0.6) is 0 Å². The maximum absolute atomic E-state index is 6.18. The molecule has 0 fully saturated rings.